The van der Waals surface area contributed by atoms with Crippen LogP contribution in [0.5, 0.6) is 5.75 Å². The van der Waals surface area contributed by atoms with Gasteiger partial charge in [-0.25, -0.2) is 19.3 Å². The van der Waals surface area contributed by atoms with Gasteiger partial charge in [0, 0.05) is 32.4 Å². The van der Waals surface area contributed by atoms with E-state index in [9.17, 15) is 9.18 Å². The highest BCUT2D eigenvalue weighted by Gasteiger charge is 2.23. The van der Waals surface area contributed by atoms with E-state index in [1.807, 2.05) is 11.0 Å². The molecular formula is C21H20FN5O2. The summed E-state index contributed by atoms with van der Waals surface area (Å²) in [7, 11) is 3.20. The third kappa shape index (κ3) is 3.61. The summed E-state index contributed by atoms with van der Waals surface area (Å²) < 4.78 is 21.4. The summed E-state index contributed by atoms with van der Waals surface area (Å²) in [6, 6.07) is 7.93. The van der Waals surface area contributed by atoms with E-state index in [1.165, 1.54) is 30.1 Å². The van der Waals surface area contributed by atoms with Crippen LogP contribution in [0.1, 0.15) is 12.0 Å². The molecule has 1 aliphatic heterocycles. The quantitative estimate of drug-likeness (QED) is 0.679. The topological polar surface area (TPSA) is 73.1 Å². The number of rotatable bonds is 4. The highest BCUT2D eigenvalue weighted by atomic mass is 19.1. The van der Waals surface area contributed by atoms with Gasteiger partial charge in [-0.3, -0.25) is 9.36 Å². The molecule has 2 aromatic heterocycles. The molecule has 0 unspecified atom stereocenters. The predicted octanol–water partition coefficient (Wildman–Crippen LogP) is 2.68. The van der Waals surface area contributed by atoms with Crippen molar-refractivity contribution in [1.29, 1.82) is 0 Å². The molecule has 29 heavy (non-hydrogen) atoms. The summed E-state index contributed by atoms with van der Waals surface area (Å²) in [5.74, 6) is 0.649. The molecule has 0 fully saturated rings. The number of methoxy groups -OCH3 is 1. The number of aromatic nitrogens is 4. The first kappa shape index (κ1) is 18.8. The van der Waals surface area contributed by atoms with E-state index in [0.717, 1.165) is 5.57 Å². The molecule has 0 bridgehead atoms. The molecule has 0 N–H and O–H groups in total. The molecule has 0 atom stereocenters. The van der Waals surface area contributed by atoms with Gasteiger partial charge < -0.3 is 9.64 Å². The van der Waals surface area contributed by atoms with Crippen LogP contribution >= 0.6 is 0 Å². The van der Waals surface area contributed by atoms with Gasteiger partial charge >= 0.3 is 0 Å². The number of nitrogens with zero attached hydrogens (tertiary/aromatic N) is 5. The lowest BCUT2D eigenvalue weighted by atomic mass is 9.99. The Morgan fingerprint density at radius 1 is 1.21 bits per heavy atom. The Morgan fingerprint density at radius 2 is 2.07 bits per heavy atom. The van der Waals surface area contributed by atoms with Crippen LogP contribution < -0.4 is 15.2 Å². The molecule has 0 radical (unpaired) electrons. The monoisotopic (exact) mass is 393 g/mol. The first-order chi connectivity index (χ1) is 14.1. The maximum atomic E-state index is 14.6. The van der Waals surface area contributed by atoms with E-state index in [1.54, 1.807) is 31.4 Å². The van der Waals surface area contributed by atoms with Gasteiger partial charge in [-0.05, 0) is 30.2 Å². The Bertz CT molecular complexity index is 1130. The van der Waals surface area contributed by atoms with Crippen LogP contribution in [0.2, 0.25) is 0 Å². The fourth-order valence-electron chi connectivity index (χ4n) is 3.47. The molecule has 148 valence electrons. The van der Waals surface area contributed by atoms with Crippen LogP contribution in [0, 0.1) is 5.82 Å². The average molecular weight is 393 g/mol. The SMILES string of the molecule is COc1cccc(F)c1C1=CCCN(c2nc(-c3ccncn3)cc(=O)n2C)C1. The van der Waals surface area contributed by atoms with Gasteiger partial charge in [0.1, 0.15) is 17.9 Å². The zero-order valence-corrected chi connectivity index (χ0v) is 16.2. The van der Waals surface area contributed by atoms with Crippen LogP contribution in [0.25, 0.3) is 17.0 Å². The highest BCUT2D eigenvalue weighted by Crippen LogP contribution is 2.32. The number of ether oxygens (including phenoxy) is 1. The van der Waals surface area contributed by atoms with Gasteiger partial charge in [-0.15, -0.1) is 0 Å². The summed E-state index contributed by atoms with van der Waals surface area (Å²) in [5.41, 5.74) is 2.10. The van der Waals surface area contributed by atoms with Crippen LogP contribution in [0.15, 0.2) is 53.7 Å². The van der Waals surface area contributed by atoms with E-state index in [0.29, 0.717) is 48.2 Å². The summed E-state index contributed by atoms with van der Waals surface area (Å²) in [6.45, 7) is 1.07. The second kappa shape index (κ2) is 7.83. The van der Waals surface area contributed by atoms with Crippen LogP contribution in [0.3, 0.4) is 0 Å². The van der Waals surface area contributed by atoms with Crippen molar-refractivity contribution in [2.45, 2.75) is 6.42 Å². The lowest BCUT2D eigenvalue weighted by Crippen LogP contribution is -2.35. The zero-order valence-electron chi connectivity index (χ0n) is 16.2. The van der Waals surface area contributed by atoms with E-state index >= 15 is 0 Å². The molecule has 8 heteroatoms. The minimum atomic E-state index is -0.339. The first-order valence-electron chi connectivity index (χ1n) is 9.20. The first-order valence-corrected chi connectivity index (χ1v) is 9.20. The van der Waals surface area contributed by atoms with Crippen LogP contribution in [-0.2, 0) is 7.05 Å². The summed E-state index contributed by atoms with van der Waals surface area (Å²) in [5, 5.41) is 0. The molecular weight excluding hydrogens is 373 g/mol. The molecule has 0 aliphatic carbocycles. The van der Waals surface area contributed by atoms with Gasteiger partial charge in [-0.2, -0.15) is 0 Å². The number of hydrogen-bond acceptors (Lipinski definition) is 6. The molecule has 3 aromatic rings. The minimum absolute atomic E-state index is 0.191. The maximum Gasteiger partial charge on any atom is 0.255 e. The minimum Gasteiger partial charge on any atom is -0.496 e. The molecule has 1 aromatic carbocycles. The zero-order chi connectivity index (χ0) is 20.4. The highest BCUT2D eigenvalue weighted by molar-refractivity contribution is 5.75. The second-order valence-electron chi connectivity index (χ2n) is 6.69. The van der Waals surface area contributed by atoms with E-state index < -0.39 is 0 Å². The van der Waals surface area contributed by atoms with Gasteiger partial charge in [0.25, 0.3) is 5.56 Å². The smallest absolute Gasteiger partial charge is 0.255 e. The lowest BCUT2D eigenvalue weighted by Gasteiger charge is -2.30. The standard InChI is InChI=1S/C21H20FN5O2/c1-26-19(28)11-17(16-8-9-23-13-24-16)25-21(26)27-10-4-5-14(12-27)20-15(22)6-3-7-18(20)29-2/h3,5-9,11,13H,4,10,12H2,1-2H3. The van der Waals surface area contributed by atoms with E-state index in [4.69, 9.17) is 4.74 Å². The molecule has 7 nitrogen and oxygen atoms in total. The second-order valence-corrected chi connectivity index (χ2v) is 6.69. The summed E-state index contributed by atoms with van der Waals surface area (Å²) >= 11 is 0. The normalized spacial score (nSPS) is 13.9. The Balaban J connectivity index is 1.73. The van der Waals surface area contributed by atoms with Crippen molar-refractivity contribution in [3.05, 3.63) is 70.7 Å². The van der Waals surface area contributed by atoms with Crippen molar-refractivity contribution in [3.8, 4) is 17.1 Å². The average Bonchev–Trinajstić information content (AvgIpc) is 2.76. The lowest BCUT2D eigenvalue weighted by molar-refractivity contribution is 0.409. The number of anilines is 1. The maximum absolute atomic E-state index is 14.6. The van der Waals surface area contributed by atoms with Crippen molar-refractivity contribution in [2.24, 2.45) is 7.05 Å². The van der Waals surface area contributed by atoms with Gasteiger partial charge in [-0.1, -0.05) is 12.1 Å². The Hall–Kier alpha value is -3.55. The number of benzene rings is 1. The fourth-order valence-corrected chi connectivity index (χ4v) is 3.47. The number of hydrogen-bond donors (Lipinski definition) is 0. The predicted molar refractivity (Wildman–Crippen MR) is 108 cm³/mol. The van der Waals surface area contributed by atoms with Crippen molar-refractivity contribution >= 4 is 11.5 Å². The molecule has 4 rings (SSSR count). The Kier molecular flexibility index (Phi) is 5.07. The number of halogens is 1. The molecule has 0 spiro atoms. The van der Waals surface area contributed by atoms with Gasteiger partial charge in [0.05, 0.1) is 24.1 Å². The van der Waals surface area contributed by atoms with Crippen molar-refractivity contribution in [1.82, 2.24) is 19.5 Å². The Labute approximate surface area is 167 Å². The van der Waals surface area contributed by atoms with E-state index in [2.05, 4.69) is 15.0 Å². The van der Waals surface area contributed by atoms with E-state index in [-0.39, 0.29) is 11.4 Å². The molecule has 1 aliphatic rings. The Morgan fingerprint density at radius 3 is 2.83 bits per heavy atom. The van der Waals surface area contributed by atoms with Gasteiger partial charge in [0.15, 0.2) is 0 Å². The largest absolute Gasteiger partial charge is 0.496 e. The van der Waals surface area contributed by atoms with Crippen molar-refractivity contribution in [3.63, 3.8) is 0 Å². The third-order valence-corrected chi connectivity index (χ3v) is 4.91. The summed E-state index contributed by atoms with van der Waals surface area (Å²) in [6.07, 6.45) is 5.72. The van der Waals surface area contributed by atoms with Crippen molar-refractivity contribution < 1.29 is 9.13 Å². The fraction of sp³-hybridized carbons (Fsp3) is 0.238. The molecule has 3 heterocycles. The molecule has 0 amide bonds. The van der Waals surface area contributed by atoms with Crippen molar-refractivity contribution in [2.75, 3.05) is 25.1 Å². The molecule has 0 saturated heterocycles. The van der Waals surface area contributed by atoms with Crippen LogP contribution in [-0.4, -0.2) is 39.7 Å². The third-order valence-electron chi connectivity index (χ3n) is 4.91. The molecule has 0 saturated carbocycles. The van der Waals surface area contributed by atoms with Gasteiger partial charge in [0.2, 0.25) is 5.95 Å². The van der Waals surface area contributed by atoms with Crippen LogP contribution in [0.4, 0.5) is 10.3 Å². The summed E-state index contributed by atoms with van der Waals surface area (Å²) in [4.78, 5) is 27.3.